The number of para-hydroxylation sites is 2. The lowest BCUT2D eigenvalue weighted by atomic mass is 9.87. The molecule has 0 saturated heterocycles. The molecule has 3 nitrogen and oxygen atoms in total. The van der Waals surface area contributed by atoms with Crippen molar-refractivity contribution < 1.29 is 0 Å². The van der Waals surface area contributed by atoms with Gasteiger partial charge < -0.3 is 10.3 Å². The van der Waals surface area contributed by atoms with Crippen LogP contribution in [0.25, 0.3) is 11.0 Å². The van der Waals surface area contributed by atoms with Crippen LogP contribution in [0.1, 0.15) is 45.5 Å². The minimum absolute atomic E-state index is 0.204. The molecule has 1 saturated carbocycles. The number of aryl methyl sites for hydroxylation is 1. The third kappa shape index (κ3) is 1.88. The Morgan fingerprint density at radius 3 is 2.74 bits per heavy atom. The minimum Gasteiger partial charge on any atom is -0.325 e. The number of aromatic nitrogens is 2. The number of imidazole rings is 1. The van der Waals surface area contributed by atoms with Crippen molar-refractivity contribution in [2.24, 2.45) is 11.1 Å². The van der Waals surface area contributed by atoms with E-state index in [0.29, 0.717) is 6.04 Å². The molecule has 3 rings (SSSR count). The van der Waals surface area contributed by atoms with Crippen LogP contribution in [0.4, 0.5) is 0 Å². The molecule has 19 heavy (non-hydrogen) atoms. The molecule has 2 N–H and O–H groups in total. The lowest BCUT2D eigenvalue weighted by Crippen LogP contribution is -2.38. The third-order valence-electron chi connectivity index (χ3n) is 4.72. The first-order valence-corrected chi connectivity index (χ1v) is 7.26. The molecule has 1 fully saturated rings. The highest BCUT2D eigenvalue weighted by Gasteiger charge is 2.41. The summed E-state index contributed by atoms with van der Waals surface area (Å²) in [5.74, 6) is 1.17. The van der Waals surface area contributed by atoms with Gasteiger partial charge in [-0.3, -0.25) is 0 Å². The van der Waals surface area contributed by atoms with Crippen LogP contribution in [0, 0.1) is 5.41 Å². The molecule has 2 unspecified atom stereocenters. The summed E-state index contributed by atoms with van der Waals surface area (Å²) in [6.07, 6.45) is 3.30. The summed E-state index contributed by atoms with van der Waals surface area (Å²) in [6, 6.07) is 8.99. The first kappa shape index (κ1) is 12.7. The van der Waals surface area contributed by atoms with E-state index in [1.807, 2.05) is 0 Å². The molecule has 102 valence electrons. The number of nitrogens with two attached hydrogens (primary N) is 1. The van der Waals surface area contributed by atoms with Crippen LogP contribution in [0.3, 0.4) is 0 Å². The highest BCUT2D eigenvalue weighted by molar-refractivity contribution is 5.76. The summed E-state index contributed by atoms with van der Waals surface area (Å²) in [5.41, 5.74) is 9.06. The fourth-order valence-electron chi connectivity index (χ4n) is 3.39. The Bertz CT molecular complexity index is 597. The molecule has 1 aliphatic rings. The number of benzene rings is 1. The van der Waals surface area contributed by atoms with Crippen LogP contribution < -0.4 is 5.73 Å². The molecule has 0 aliphatic heterocycles. The van der Waals surface area contributed by atoms with E-state index in [9.17, 15) is 0 Å². The van der Waals surface area contributed by atoms with Crippen molar-refractivity contribution >= 4 is 11.0 Å². The fraction of sp³-hybridized carbons (Fsp3) is 0.562. The SMILES string of the molecule is CCc1nc2ccccc2n1C1CCC(C)(C)C1N. The molecular weight excluding hydrogens is 234 g/mol. The predicted octanol–water partition coefficient (Wildman–Crippen LogP) is 3.29. The van der Waals surface area contributed by atoms with E-state index in [-0.39, 0.29) is 11.5 Å². The first-order chi connectivity index (χ1) is 9.04. The zero-order valence-corrected chi connectivity index (χ0v) is 12.1. The molecule has 0 amide bonds. The topological polar surface area (TPSA) is 43.8 Å². The quantitative estimate of drug-likeness (QED) is 0.897. The zero-order valence-electron chi connectivity index (χ0n) is 12.1. The normalized spacial score (nSPS) is 26.1. The van der Waals surface area contributed by atoms with E-state index in [0.717, 1.165) is 18.4 Å². The number of nitrogens with zero attached hydrogens (tertiary/aromatic N) is 2. The second kappa shape index (κ2) is 4.34. The molecule has 1 heterocycles. The van der Waals surface area contributed by atoms with Crippen molar-refractivity contribution in [3.63, 3.8) is 0 Å². The summed E-state index contributed by atoms with van der Waals surface area (Å²) < 4.78 is 2.40. The average Bonchev–Trinajstić information content (AvgIpc) is 2.89. The second-order valence-corrected chi connectivity index (χ2v) is 6.36. The number of rotatable bonds is 2. The van der Waals surface area contributed by atoms with Gasteiger partial charge in [-0.1, -0.05) is 32.9 Å². The Morgan fingerprint density at radius 2 is 2.11 bits per heavy atom. The molecule has 1 aromatic carbocycles. The first-order valence-electron chi connectivity index (χ1n) is 7.26. The van der Waals surface area contributed by atoms with Gasteiger partial charge in [0, 0.05) is 12.5 Å². The molecule has 0 spiro atoms. The Kier molecular flexibility index (Phi) is 2.90. The van der Waals surface area contributed by atoms with Crippen LogP contribution in [-0.2, 0) is 6.42 Å². The van der Waals surface area contributed by atoms with Crippen molar-refractivity contribution in [2.75, 3.05) is 0 Å². The van der Waals surface area contributed by atoms with Crippen LogP contribution in [-0.4, -0.2) is 15.6 Å². The smallest absolute Gasteiger partial charge is 0.109 e. The van der Waals surface area contributed by atoms with Crippen molar-refractivity contribution in [2.45, 2.75) is 52.1 Å². The number of hydrogen-bond acceptors (Lipinski definition) is 2. The van der Waals surface area contributed by atoms with Crippen molar-refractivity contribution in [3.05, 3.63) is 30.1 Å². The number of hydrogen-bond donors (Lipinski definition) is 1. The fourth-order valence-corrected chi connectivity index (χ4v) is 3.39. The Morgan fingerprint density at radius 1 is 1.37 bits per heavy atom. The minimum atomic E-state index is 0.204. The van der Waals surface area contributed by atoms with Gasteiger partial charge in [-0.15, -0.1) is 0 Å². The van der Waals surface area contributed by atoms with E-state index < -0.39 is 0 Å². The van der Waals surface area contributed by atoms with Crippen molar-refractivity contribution in [1.82, 2.24) is 9.55 Å². The summed E-state index contributed by atoms with van der Waals surface area (Å²) in [7, 11) is 0. The highest BCUT2D eigenvalue weighted by Crippen LogP contribution is 2.44. The van der Waals surface area contributed by atoms with Gasteiger partial charge in [0.05, 0.1) is 17.1 Å². The van der Waals surface area contributed by atoms with E-state index in [2.05, 4.69) is 49.6 Å². The molecule has 3 heteroatoms. The molecule has 2 atom stereocenters. The summed E-state index contributed by atoms with van der Waals surface area (Å²) >= 11 is 0. The van der Waals surface area contributed by atoms with E-state index >= 15 is 0 Å². The van der Waals surface area contributed by atoms with E-state index in [4.69, 9.17) is 10.7 Å². The molecular formula is C16H23N3. The van der Waals surface area contributed by atoms with Crippen molar-refractivity contribution in [3.8, 4) is 0 Å². The van der Waals surface area contributed by atoms with E-state index in [1.54, 1.807) is 0 Å². The monoisotopic (exact) mass is 257 g/mol. The zero-order chi connectivity index (χ0) is 13.6. The Labute approximate surface area is 114 Å². The van der Waals surface area contributed by atoms with Gasteiger partial charge in [0.2, 0.25) is 0 Å². The van der Waals surface area contributed by atoms with Gasteiger partial charge in [0.15, 0.2) is 0 Å². The van der Waals surface area contributed by atoms with E-state index in [1.165, 1.54) is 17.8 Å². The molecule has 1 aliphatic carbocycles. The lowest BCUT2D eigenvalue weighted by molar-refractivity contribution is 0.299. The second-order valence-electron chi connectivity index (χ2n) is 6.36. The number of fused-ring (bicyclic) bond motifs is 1. The predicted molar refractivity (Wildman–Crippen MR) is 79.1 cm³/mol. The van der Waals surface area contributed by atoms with Crippen LogP contribution in [0.15, 0.2) is 24.3 Å². The largest absolute Gasteiger partial charge is 0.325 e. The molecule has 0 bridgehead atoms. The van der Waals surface area contributed by atoms with Gasteiger partial charge in [0.25, 0.3) is 0 Å². The van der Waals surface area contributed by atoms with Crippen molar-refractivity contribution in [1.29, 1.82) is 0 Å². The molecule has 2 aromatic rings. The summed E-state index contributed by atoms with van der Waals surface area (Å²) in [5, 5.41) is 0. The maximum atomic E-state index is 6.51. The Hall–Kier alpha value is -1.35. The van der Waals surface area contributed by atoms with Crippen LogP contribution >= 0.6 is 0 Å². The standard InChI is InChI=1S/C16H23N3/c1-4-14-18-11-7-5-6-8-12(11)19(14)13-9-10-16(2,3)15(13)17/h5-8,13,15H,4,9-10,17H2,1-3H3. The summed E-state index contributed by atoms with van der Waals surface area (Å²) in [4.78, 5) is 4.77. The highest BCUT2D eigenvalue weighted by atomic mass is 15.1. The van der Waals surface area contributed by atoms with Gasteiger partial charge in [-0.2, -0.15) is 0 Å². The van der Waals surface area contributed by atoms with Gasteiger partial charge >= 0.3 is 0 Å². The summed E-state index contributed by atoms with van der Waals surface area (Å²) in [6.45, 7) is 6.73. The molecule has 1 aromatic heterocycles. The van der Waals surface area contributed by atoms with Gasteiger partial charge in [0.1, 0.15) is 5.82 Å². The maximum absolute atomic E-state index is 6.51. The third-order valence-corrected chi connectivity index (χ3v) is 4.72. The molecule has 0 radical (unpaired) electrons. The lowest BCUT2D eigenvalue weighted by Gasteiger charge is -2.28. The van der Waals surface area contributed by atoms with Gasteiger partial charge in [-0.05, 0) is 30.4 Å². The van der Waals surface area contributed by atoms with Gasteiger partial charge in [-0.25, -0.2) is 4.98 Å². The Balaban J connectivity index is 2.14. The van der Waals surface area contributed by atoms with Crippen LogP contribution in [0.2, 0.25) is 0 Å². The van der Waals surface area contributed by atoms with Crippen LogP contribution in [0.5, 0.6) is 0 Å². The average molecular weight is 257 g/mol. The maximum Gasteiger partial charge on any atom is 0.109 e.